The zero-order chi connectivity index (χ0) is 36.6. The highest BCUT2D eigenvalue weighted by atomic mass is 32.2. The molecule has 0 unspecified atom stereocenters. The summed E-state index contributed by atoms with van der Waals surface area (Å²) >= 11 is 2.09. The van der Waals surface area contributed by atoms with Crippen LogP contribution in [-0.2, 0) is 32.1 Å². The van der Waals surface area contributed by atoms with Gasteiger partial charge in [0.05, 0.1) is 23.2 Å². The zero-order valence-corrected chi connectivity index (χ0v) is 29.9. The Kier molecular flexibility index (Phi) is 15.9. The molecule has 4 amide bonds. The molecule has 0 radical (unpaired) electrons. The van der Waals surface area contributed by atoms with E-state index >= 15 is 0 Å². The Bertz CT molecular complexity index is 1690. The Labute approximate surface area is 299 Å². The summed E-state index contributed by atoms with van der Waals surface area (Å²) < 4.78 is 3.30. The van der Waals surface area contributed by atoms with E-state index in [1.807, 2.05) is 38.1 Å². The lowest BCUT2D eigenvalue weighted by atomic mass is 10.0. The summed E-state index contributed by atoms with van der Waals surface area (Å²) in [5, 5.41) is 17.2. The van der Waals surface area contributed by atoms with Crippen LogP contribution < -0.4 is 32.1 Å². The standard InChI is InChI=1S/C34H44N8O6S2/c1-20(2)14-26(40-29(45)16-22-8-6-9-23(15-22)17-38-32(48)28(19-43)50-42-21(3)44)31(47)39-18-24(10-7-13-37-34(35)36)30(46)33-41-25-11-4-5-12-27(25)49-33/h4-6,8-9,11-12,15,18,20,26,28,43H,7,10,13-14,16-17,19H2,1-3H3,(H,38,48)(H,39,47)(H,40,45)(H,42,44)(H4,35,36,37)/b24-18-/t26-,28-/m0/s1. The molecule has 0 aliphatic carbocycles. The summed E-state index contributed by atoms with van der Waals surface area (Å²) in [5.41, 5.74) is 13.3. The normalized spacial score (nSPS) is 12.5. The number of amides is 4. The van der Waals surface area contributed by atoms with Crippen molar-refractivity contribution in [2.75, 3.05) is 13.2 Å². The number of carbonyl (C=O) groups is 5. The minimum absolute atomic E-state index is 0.0245. The smallest absolute Gasteiger partial charge is 0.246 e. The van der Waals surface area contributed by atoms with Crippen LogP contribution in [0.15, 0.2) is 65.3 Å². The van der Waals surface area contributed by atoms with Gasteiger partial charge < -0.3 is 32.5 Å². The van der Waals surface area contributed by atoms with E-state index in [9.17, 15) is 29.1 Å². The monoisotopic (exact) mass is 724 g/mol. The van der Waals surface area contributed by atoms with Crippen molar-refractivity contribution in [2.45, 2.75) is 64.3 Å². The summed E-state index contributed by atoms with van der Waals surface area (Å²) in [6.45, 7) is 5.14. The van der Waals surface area contributed by atoms with E-state index in [0.717, 1.165) is 22.2 Å². The molecule has 1 aromatic heterocycles. The van der Waals surface area contributed by atoms with Gasteiger partial charge in [-0.3, -0.25) is 33.7 Å². The molecule has 3 rings (SSSR count). The van der Waals surface area contributed by atoms with Crippen molar-refractivity contribution in [2.24, 2.45) is 22.4 Å². The number of benzene rings is 2. The van der Waals surface area contributed by atoms with Crippen molar-refractivity contribution in [1.29, 1.82) is 0 Å². The largest absolute Gasteiger partial charge is 0.395 e. The summed E-state index contributed by atoms with van der Waals surface area (Å²) in [5.74, 6) is -1.97. The van der Waals surface area contributed by atoms with Gasteiger partial charge in [0.1, 0.15) is 11.3 Å². The van der Waals surface area contributed by atoms with Crippen LogP contribution in [0.5, 0.6) is 0 Å². The molecule has 0 bridgehead atoms. The maximum absolute atomic E-state index is 13.5. The fourth-order valence-electron chi connectivity index (χ4n) is 4.71. The molecule has 0 saturated carbocycles. The molecule has 50 heavy (non-hydrogen) atoms. The molecule has 3 aromatic rings. The molecule has 268 valence electrons. The topological polar surface area (TPSA) is 231 Å². The number of carbonyl (C=O) groups excluding carboxylic acids is 5. The van der Waals surface area contributed by atoms with Crippen molar-refractivity contribution in [3.63, 3.8) is 0 Å². The number of aromatic nitrogens is 1. The molecule has 9 N–H and O–H groups in total. The van der Waals surface area contributed by atoms with Gasteiger partial charge in [0.15, 0.2) is 11.0 Å². The predicted octanol–water partition coefficient (Wildman–Crippen LogP) is 2.07. The highest BCUT2D eigenvalue weighted by molar-refractivity contribution is 7.99. The number of thiazole rings is 1. The Morgan fingerprint density at radius 1 is 1.04 bits per heavy atom. The van der Waals surface area contributed by atoms with E-state index in [0.29, 0.717) is 41.0 Å². The molecule has 16 heteroatoms. The number of allylic oxidation sites excluding steroid dienone is 1. The third-order valence-electron chi connectivity index (χ3n) is 7.05. The van der Waals surface area contributed by atoms with Crippen molar-refractivity contribution in [3.8, 4) is 0 Å². The predicted molar refractivity (Wildman–Crippen MR) is 196 cm³/mol. The van der Waals surface area contributed by atoms with E-state index in [1.54, 1.807) is 24.3 Å². The fraction of sp³-hybridized carbons (Fsp3) is 0.382. The Balaban J connectivity index is 1.67. The number of aliphatic hydroxyl groups is 1. The first kappa shape index (κ1) is 39.6. The molecular formula is C34H44N8O6S2. The van der Waals surface area contributed by atoms with Crippen LogP contribution in [0, 0.1) is 5.92 Å². The van der Waals surface area contributed by atoms with Crippen LogP contribution in [0.25, 0.3) is 10.2 Å². The number of rotatable bonds is 19. The highest BCUT2D eigenvalue weighted by Gasteiger charge is 2.24. The number of guanidine groups is 1. The second-order valence-electron chi connectivity index (χ2n) is 11.8. The quantitative estimate of drug-likeness (QED) is 0.0238. The first-order valence-corrected chi connectivity index (χ1v) is 17.7. The third-order valence-corrected chi connectivity index (χ3v) is 9.14. The minimum atomic E-state index is -0.877. The van der Waals surface area contributed by atoms with Gasteiger partial charge in [-0.05, 0) is 60.4 Å². The van der Waals surface area contributed by atoms with E-state index < -0.39 is 29.7 Å². The minimum Gasteiger partial charge on any atom is -0.395 e. The van der Waals surface area contributed by atoms with Crippen molar-refractivity contribution < 1.29 is 29.1 Å². The SMILES string of the molecule is CC(=O)NS[C@@H](CO)C(=O)NCc1cccc(CC(=O)N[C@@H](CC(C)C)C(=O)N/C=C(/CCCN=C(N)N)C(=O)c2nc3ccccc3s2)c1. The third kappa shape index (κ3) is 13.2. The number of ketones is 1. The molecular weight excluding hydrogens is 681 g/mol. The van der Waals surface area contributed by atoms with E-state index in [2.05, 4.69) is 30.6 Å². The molecule has 2 aromatic carbocycles. The van der Waals surface area contributed by atoms with E-state index in [4.69, 9.17) is 11.5 Å². The second-order valence-corrected chi connectivity index (χ2v) is 13.9. The Morgan fingerprint density at radius 2 is 1.78 bits per heavy atom. The molecule has 1 heterocycles. The number of para-hydroxylation sites is 1. The number of aliphatic hydroxyl groups excluding tert-OH is 1. The maximum atomic E-state index is 13.5. The zero-order valence-electron chi connectivity index (χ0n) is 28.2. The van der Waals surface area contributed by atoms with Crippen molar-refractivity contribution in [3.05, 3.63) is 76.4 Å². The fourth-order valence-corrected chi connectivity index (χ4v) is 6.22. The van der Waals surface area contributed by atoms with E-state index in [1.165, 1.54) is 24.5 Å². The number of hydrogen-bond donors (Lipinski definition) is 7. The number of nitrogens with one attached hydrogen (secondary N) is 4. The molecule has 0 aliphatic rings. The molecule has 0 spiro atoms. The number of hydrogen-bond acceptors (Lipinski definition) is 10. The van der Waals surface area contributed by atoms with Crippen LogP contribution in [0.2, 0.25) is 0 Å². The summed E-state index contributed by atoms with van der Waals surface area (Å²) in [6.07, 6.45) is 2.43. The Hall–Kier alpha value is -4.80. The van der Waals surface area contributed by atoms with Gasteiger partial charge in [-0.2, -0.15) is 0 Å². The maximum Gasteiger partial charge on any atom is 0.246 e. The molecule has 2 atom stereocenters. The number of aliphatic imine (C=N–C) groups is 1. The average Bonchev–Trinajstić information content (AvgIpc) is 3.51. The highest BCUT2D eigenvalue weighted by Crippen LogP contribution is 2.25. The van der Waals surface area contributed by atoms with E-state index in [-0.39, 0.29) is 48.9 Å². The molecule has 0 fully saturated rings. The number of nitrogens with two attached hydrogens (primary N) is 2. The van der Waals surface area contributed by atoms with Crippen LogP contribution >= 0.6 is 23.3 Å². The average molecular weight is 725 g/mol. The summed E-state index contributed by atoms with van der Waals surface area (Å²) in [7, 11) is 0. The first-order chi connectivity index (χ1) is 23.9. The van der Waals surface area contributed by atoms with Gasteiger partial charge in [-0.25, -0.2) is 4.98 Å². The molecule has 14 nitrogen and oxygen atoms in total. The number of fused-ring (bicyclic) bond motifs is 1. The van der Waals surface area contributed by atoms with Crippen molar-refractivity contribution in [1.82, 2.24) is 25.7 Å². The van der Waals surface area contributed by atoms with Crippen LogP contribution in [-0.4, -0.2) is 69.9 Å². The summed E-state index contributed by atoms with van der Waals surface area (Å²) in [4.78, 5) is 72.1. The van der Waals surface area contributed by atoms with Gasteiger partial charge >= 0.3 is 0 Å². The second kappa shape index (κ2) is 20.0. The lowest BCUT2D eigenvalue weighted by Crippen LogP contribution is -2.46. The van der Waals surface area contributed by atoms with Gasteiger partial charge in [-0.15, -0.1) is 11.3 Å². The van der Waals surface area contributed by atoms with Crippen LogP contribution in [0.3, 0.4) is 0 Å². The van der Waals surface area contributed by atoms with Gasteiger partial charge in [0, 0.05) is 31.8 Å². The number of Topliss-reactive ketones (excluding diaryl/α,β-unsaturated/α-hetero) is 1. The molecule has 0 saturated heterocycles. The summed E-state index contributed by atoms with van der Waals surface area (Å²) in [6, 6.07) is 13.6. The first-order valence-electron chi connectivity index (χ1n) is 16.0. The van der Waals surface area contributed by atoms with Crippen molar-refractivity contribution >= 4 is 68.9 Å². The van der Waals surface area contributed by atoms with Crippen LogP contribution in [0.4, 0.5) is 0 Å². The Morgan fingerprint density at radius 3 is 2.46 bits per heavy atom. The lowest BCUT2D eigenvalue weighted by Gasteiger charge is -2.20. The number of nitrogens with zero attached hydrogens (tertiary/aromatic N) is 2. The van der Waals surface area contributed by atoms with Crippen LogP contribution in [0.1, 0.15) is 61.0 Å². The van der Waals surface area contributed by atoms with Gasteiger partial charge in [-0.1, -0.05) is 50.2 Å². The lowest BCUT2D eigenvalue weighted by molar-refractivity contribution is -0.128. The van der Waals surface area contributed by atoms with Gasteiger partial charge in [0.25, 0.3) is 0 Å². The van der Waals surface area contributed by atoms with Gasteiger partial charge in [0.2, 0.25) is 29.4 Å². The molecule has 0 aliphatic heterocycles.